The van der Waals surface area contributed by atoms with Crippen LogP contribution in [0.25, 0.3) is 0 Å². The van der Waals surface area contributed by atoms with Crippen molar-refractivity contribution in [2.45, 2.75) is 45.3 Å². The second-order valence-electron chi connectivity index (χ2n) is 3.45. The average Bonchev–Trinajstić information content (AvgIpc) is 2.03. The third-order valence-electron chi connectivity index (χ3n) is 2.56. The average molecular weight is 171 g/mol. The minimum absolute atomic E-state index is 0.133. The lowest BCUT2D eigenvalue weighted by atomic mass is 9.97. The number of hydrogen-bond donors (Lipinski definition) is 1. The summed E-state index contributed by atoms with van der Waals surface area (Å²) in [6.07, 6.45) is 2.22. The van der Waals surface area contributed by atoms with Gasteiger partial charge < -0.3 is 10.0 Å². The number of carbonyl (C=O) groups excluding carboxylic acids is 1. The van der Waals surface area contributed by atoms with Gasteiger partial charge in [0.25, 0.3) is 0 Å². The van der Waals surface area contributed by atoms with Crippen LogP contribution in [0.3, 0.4) is 0 Å². The first kappa shape index (κ1) is 9.52. The molecule has 12 heavy (non-hydrogen) atoms. The second-order valence-corrected chi connectivity index (χ2v) is 3.45. The van der Waals surface area contributed by atoms with E-state index >= 15 is 0 Å². The van der Waals surface area contributed by atoms with Crippen LogP contribution < -0.4 is 0 Å². The third-order valence-corrected chi connectivity index (χ3v) is 2.56. The minimum atomic E-state index is -0.203. The van der Waals surface area contributed by atoms with E-state index in [1.165, 1.54) is 0 Å². The van der Waals surface area contributed by atoms with Gasteiger partial charge in [0.15, 0.2) is 0 Å². The van der Waals surface area contributed by atoms with Crippen molar-refractivity contribution in [1.29, 1.82) is 0 Å². The zero-order valence-corrected chi connectivity index (χ0v) is 7.79. The topological polar surface area (TPSA) is 40.5 Å². The van der Waals surface area contributed by atoms with E-state index in [0.29, 0.717) is 0 Å². The van der Waals surface area contributed by atoms with Gasteiger partial charge in [-0.2, -0.15) is 0 Å². The molecule has 2 atom stereocenters. The second kappa shape index (κ2) is 3.90. The van der Waals surface area contributed by atoms with Crippen molar-refractivity contribution < 1.29 is 9.90 Å². The van der Waals surface area contributed by atoms with Gasteiger partial charge >= 0.3 is 0 Å². The standard InChI is InChI=1S/C9H17NO2/c1-3-8-6-9(12)4-5-10(8)7(2)11/h8-9,12H,3-6H2,1-2H3. The van der Waals surface area contributed by atoms with Crippen LogP contribution >= 0.6 is 0 Å². The minimum Gasteiger partial charge on any atom is -0.393 e. The van der Waals surface area contributed by atoms with Gasteiger partial charge in [-0.25, -0.2) is 0 Å². The summed E-state index contributed by atoms with van der Waals surface area (Å²) in [5, 5.41) is 9.37. The van der Waals surface area contributed by atoms with Crippen LogP contribution in [-0.4, -0.2) is 34.6 Å². The highest BCUT2D eigenvalue weighted by molar-refractivity contribution is 5.73. The van der Waals surface area contributed by atoms with Crippen LogP contribution in [0.4, 0.5) is 0 Å². The summed E-state index contributed by atoms with van der Waals surface area (Å²) in [6, 6.07) is 0.256. The molecule has 1 aliphatic rings. The van der Waals surface area contributed by atoms with Crippen molar-refractivity contribution in [2.75, 3.05) is 6.54 Å². The summed E-state index contributed by atoms with van der Waals surface area (Å²) in [5.74, 6) is 0.133. The van der Waals surface area contributed by atoms with Gasteiger partial charge in [0.1, 0.15) is 0 Å². The van der Waals surface area contributed by atoms with E-state index < -0.39 is 0 Å². The molecule has 1 N–H and O–H groups in total. The van der Waals surface area contributed by atoms with Crippen molar-refractivity contribution in [2.24, 2.45) is 0 Å². The van der Waals surface area contributed by atoms with E-state index in [1.807, 2.05) is 4.90 Å². The molecule has 0 radical (unpaired) electrons. The van der Waals surface area contributed by atoms with Crippen LogP contribution in [-0.2, 0) is 4.79 Å². The predicted octanol–water partition coefficient (Wildman–Crippen LogP) is 0.768. The monoisotopic (exact) mass is 171 g/mol. The Kier molecular flexibility index (Phi) is 3.09. The molecule has 0 aromatic heterocycles. The molecule has 0 saturated carbocycles. The van der Waals surface area contributed by atoms with Crippen LogP contribution in [0.5, 0.6) is 0 Å². The van der Waals surface area contributed by atoms with E-state index in [1.54, 1.807) is 6.92 Å². The first-order valence-corrected chi connectivity index (χ1v) is 4.60. The Morgan fingerprint density at radius 3 is 2.83 bits per heavy atom. The SMILES string of the molecule is CCC1CC(O)CCN1C(C)=O. The fraction of sp³-hybridized carbons (Fsp3) is 0.889. The van der Waals surface area contributed by atoms with Gasteiger partial charge in [-0.1, -0.05) is 6.92 Å². The van der Waals surface area contributed by atoms with Crippen molar-refractivity contribution >= 4 is 5.91 Å². The van der Waals surface area contributed by atoms with Crippen LogP contribution in [0.15, 0.2) is 0 Å². The van der Waals surface area contributed by atoms with E-state index in [2.05, 4.69) is 6.92 Å². The molecule has 3 nitrogen and oxygen atoms in total. The Labute approximate surface area is 73.4 Å². The molecule has 3 heteroatoms. The lowest BCUT2D eigenvalue weighted by molar-refractivity contribution is -0.134. The molecule has 0 bridgehead atoms. The molecule has 0 aliphatic carbocycles. The Hall–Kier alpha value is -0.570. The summed E-state index contributed by atoms with van der Waals surface area (Å²) in [4.78, 5) is 13.0. The van der Waals surface area contributed by atoms with Crippen molar-refractivity contribution in [1.82, 2.24) is 4.90 Å². The van der Waals surface area contributed by atoms with Crippen LogP contribution in [0.1, 0.15) is 33.1 Å². The number of aliphatic hydroxyl groups is 1. The van der Waals surface area contributed by atoms with Gasteiger partial charge in [-0.3, -0.25) is 4.79 Å². The van der Waals surface area contributed by atoms with Crippen molar-refractivity contribution in [3.05, 3.63) is 0 Å². The predicted molar refractivity (Wildman–Crippen MR) is 46.7 cm³/mol. The molecule has 1 fully saturated rings. The van der Waals surface area contributed by atoms with E-state index in [4.69, 9.17) is 0 Å². The van der Waals surface area contributed by atoms with Crippen molar-refractivity contribution in [3.8, 4) is 0 Å². The smallest absolute Gasteiger partial charge is 0.219 e. The molecule has 1 rings (SSSR count). The molecule has 1 heterocycles. The Balaban J connectivity index is 2.56. The maximum Gasteiger partial charge on any atom is 0.219 e. The first-order valence-electron chi connectivity index (χ1n) is 4.60. The summed E-state index contributed by atoms with van der Waals surface area (Å²) >= 11 is 0. The van der Waals surface area contributed by atoms with Crippen LogP contribution in [0.2, 0.25) is 0 Å². The lowest BCUT2D eigenvalue weighted by Crippen LogP contribution is -2.46. The molecule has 70 valence electrons. The van der Waals surface area contributed by atoms with Gasteiger partial charge in [0.2, 0.25) is 5.91 Å². The van der Waals surface area contributed by atoms with Crippen LogP contribution in [0, 0.1) is 0 Å². The Morgan fingerprint density at radius 1 is 1.67 bits per heavy atom. The van der Waals surface area contributed by atoms with E-state index in [0.717, 1.165) is 25.8 Å². The third kappa shape index (κ3) is 1.97. The molecular weight excluding hydrogens is 154 g/mol. The zero-order chi connectivity index (χ0) is 9.14. The highest BCUT2D eigenvalue weighted by atomic mass is 16.3. The highest BCUT2D eigenvalue weighted by Crippen LogP contribution is 2.19. The number of aliphatic hydroxyl groups excluding tert-OH is 1. The Morgan fingerprint density at radius 2 is 2.33 bits per heavy atom. The van der Waals surface area contributed by atoms with E-state index in [-0.39, 0.29) is 18.1 Å². The fourth-order valence-corrected chi connectivity index (χ4v) is 1.83. The molecule has 1 amide bonds. The summed E-state index contributed by atoms with van der Waals surface area (Å²) in [7, 11) is 0. The number of piperidine rings is 1. The highest BCUT2D eigenvalue weighted by Gasteiger charge is 2.27. The molecule has 1 aliphatic heterocycles. The van der Waals surface area contributed by atoms with Crippen molar-refractivity contribution in [3.63, 3.8) is 0 Å². The molecular formula is C9H17NO2. The number of rotatable bonds is 1. The van der Waals surface area contributed by atoms with E-state index in [9.17, 15) is 9.90 Å². The number of amides is 1. The molecule has 1 saturated heterocycles. The summed E-state index contributed by atoms with van der Waals surface area (Å²) in [5.41, 5.74) is 0. The number of carbonyl (C=O) groups is 1. The Bertz CT molecular complexity index is 170. The fourth-order valence-electron chi connectivity index (χ4n) is 1.83. The molecule has 0 spiro atoms. The normalized spacial score (nSPS) is 30.4. The number of likely N-dealkylation sites (tertiary alicyclic amines) is 1. The zero-order valence-electron chi connectivity index (χ0n) is 7.79. The molecule has 0 aromatic carbocycles. The number of nitrogens with zero attached hydrogens (tertiary/aromatic N) is 1. The maximum absolute atomic E-state index is 11.1. The summed E-state index contributed by atoms with van der Waals surface area (Å²) < 4.78 is 0. The van der Waals surface area contributed by atoms with Gasteiger partial charge in [0, 0.05) is 19.5 Å². The number of hydrogen-bond acceptors (Lipinski definition) is 2. The first-order chi connectivity index (χ1) is 5.65. The maximum atomic E-state index is 11.1. The van der Waals surface area contributed by atoms with Gasteiger partial charge in [-0.15, -0.1) is 0 Å². The molecule has 0 aromatic rings. The van der Waals surface area contributed by atoms with Gasteiger partial charge in [-0.05, 0) is 19.3 Å². The quantitative estimate of drug-likeness (QED) is 0.633. The largest absolute Gasteiger partial charge is 0.393 e. The summed E-state index contributed by atoms with van der Waals surface area (Å²) in [6.45, 7) is 4.37. The molecule has 2 unspecified atom stereocenters. The lowest BCUT2D eigenvalue weighted by Gasteiger charge is -2.36. The van der Waals surface area contributed by atoms with Gasteiger partial charge in [0.05, 0.1) is 6.10 Å².